The van der Waals surface area contributed by atoms with Gasteiger partial charge in [-0.2, -0.15) is 0 Å². The fraction of sp³-hybridized carbons (Fsp3) is 0.308. The minimum Gasteiger partial charge on any atom is -0.441 e. The Kier molecular flexibility index (Phi) is 3.37. The summed E-state index contributed by atoms with van der Waals surface area (Å²) in [5.74, 6) is 1.55. The third-order valence-electron chi connectivity index (χ3n) is 2.50. The van der Waals surface area contributed by atoms with Gasteiger partial charge >= 0.3 is 0 Å². The fourth-order valence-electron chi connectivity index (χ4n) is 1.64. The highest BCUT2D eigenvalue weighted by Crippen LogP contribution is 2.20. The van der Waals surface area contributed by atoms with Crippen molar-refractivity contribution in [2.24, 2.45) is 5.73 Å². The van der Waals surface area contributed by atoms with Crippen LogP contribution < -0.4 is 5.73 Å². The van der Waals surface area contributed by atoms with Gasteiger partial charge in [0.15, 0.2) is 0 Å². The van der Waals surface area contributed by atoms with Crippen LogP contribution >= 0.6 is 0 Å². The van der Waals surface area contributed by atoms with Gasteiger partial charge in [0.25, 0.3) is 0 Å². The molecule has 0 bridgehead atoms. The number of nitrogens with two attached hydrogens (primary N) is 1. The standard InChI is InChI=1S/C13H16N2O/c1-10-12(8-9-14)15-13(16-10)11-6-4-2-3-5-7-11/h2,4-7H,3,8-9,14H2,1H3. The van der Waals surface area contributed by atoms with Crippen LogP contribution in [-0.2, 0) is 6.42 Å². The second kappa shape index (κ2) is 4.94. The summed E-state index contributed by atoms with van der Waals surface area (Å²) in [4.78, 5) is 4.46. The highest BCUT2D eigenvalue weighted by atomic mass is 16.4. The van der Waals surface area contributed by atoms with Crippen molar-refractivity contribution < 1.29 is 4.42 Å². The Hall–Kier alpha value is -1.61. The zero-order valence-corrected chi connectivity index (χ0v) is 9.44. The first-order valence-corrected chi connectivity index (χ1v) is 5.51. The molecule has 2 N–H and O–H groups in total. The predicted molar refractivity (Wildman–Crippen MR) is 64.9 cm³/mol. The number of nitrogens with zero attached hydrogens (tertiary/aromatic N) is 1. The van der Waals surface area contributed by atoms with E-state index < -0.39 is 0 Å². The summed E-state index contributed by atoms with van der Waals surface area (Å²) in [6, 6.07) is 0. The summed E-state index contributed by atoms with van der Waals surface area (Å²) in [6.45, 7) is 2.53. The van der Waals surface area contributed by atoms with Crippen LogP contribution in [0.25, 0.3) is 5.57 Å². The van der Waals surface area contributed by atoms with Crippen molar-refractivity contribution in [3.63, 3.8) is 0 Å². The summed E-state index contributed by atoms with van der Waals surface area (Å²) < 4.78 is 5.64. The maximum Gasteiger partial charge on any atom is 0.226 e. The Balaban J connectivity index is 2.30. The lowest BCUT2D eigenvalue weighted by atomic mass is 10.2. The zero-order valence-electron chi connectivity index (χ0n) is 9.44. The van der Waals surface area contributed by atoms with Crippen LogP contribution in [0.5, 0.6) is 0 Å². The zero-order chi connectivity index (χ0) is 11.4. The van der Waals surface area contributed by atoms with Crippen molar-refractivity contribution in [2.75, 3.05) is 6.54 Å². The topological polar surface area (TPSA) is 52.0 Å². The van der Waals surface area contributed by atoms with Crippen LogP contribution in [0.1, 0.15) is 23.8 Å². The lowest BCUT2D eigenvalue weighted by molar-refractivity contribution is 0.512. The molecule has 0 aliphatic heterocycles. The lowest BCUT2D eigenvalue weighted by Gasteiger charge is -1.92. The van der Waals surface area contributed by atoms with Gasteiger partial charge in [-0.15, -0.1) is 0 Å². The SMILES string of the molecule is Cc1oc(C2=CC=CCC=C2)nc1CCN. The molecule has 0 amide bonds. The van der Waals surface area contributed by atoms with Crippen LogP contribution in [0.2, 0.25) is 0 Å². The molecule has 84 valence electrons. The molecule has 1 heterocycles. The first-order chi connectivity index (χ1) is 7.81. The lowest BCUT2D eigenvalue weighted by Crippen LogP contribution is -2.03. The van der Waals surface area contributed by atoms with E-state index in [0.717, 1.165) is 29.9 Å². The van der Waals surface area contributed by atoms with E-state index in [9.17, 15) is 0 Å². The first kappa shape index (κ1) is 10.9. The van der Waals surface area contributed by atoms with E-state index in [1.54, 1.807) is 0 Å². The number of aryl methyl sites for hydroxylation is 1. The minimum absolute atomic E-state index is 0.599. The van der Waals surface area contributed by atoms with E-state index in [1.165, 1.54) is 0 Å². The molecular formula is C13H16N2O. The molecule has 0 saturated carbocycles. The largest absolute Gasteiger partial charge is 0.441 e. The molecule has 0 spiro atoms. The molecule has 0 saturated heterocycles. The molecule has 0 radical (unpaired) electrons. The van der Waals surface area contributed by atoms with Crippen molar-refractivity contribution in [1.82, 2.24) is 4.98 Å². The molecule has 0 unspecified atom stereocenters. The maximum atomic E-state index is 5.64. The maximum absolute atomic E-state index is 5.64. The van der Waals surface area contributed by atoms with Crippen LogP contribution in [0.15, 0.2) is 34.8 Å². The van der Waals surface area contributed by atoms with Crippen LogP contribution in [0.4, 0.5) is 0 Å². The van der Waals surface area contributed by atoms with Crippen molar-refractivity contribution in [3.05, 3.63) is 47.7 Å². The van der Waals surface area contributed by atoms with Crippen LogP contribution in [-0.4, -0.2) is 11.5 Å². The van der Waals surface area contributed by atoms with E-state index in [0.29, 0.717) is 12.4 Å². The molecule has 1 aromatic heterocycles. The van der Waals surface area contributed by atoms with Gasteiger partial charge in [-0.3, -0.25) is 0 Å². The average Bonchev–Trinajstić information content (AvgIpc) is 2.54. The third kappa shape index (κ3) is 2.31. The van der Waals surface area contributed by atoms with Gasteiger partial charge in [-0.05, 0) is 26.0 Å². The molecular weight excluding hydrogens is 200 g/mol. The summed E-state index contributed by atoms with van der Waals surface area (Å²) in [7, 11) is 0. The van der Waals surface area contributed by atoms with Crippen molar-refractivity contribution in [2.45, 2.75) is 19.8 Å². The Morgan fingerprint density at radius 3 is 3.12 bits per heavy atom. The van der Waals surface area contributed by atoms with Gasteiger partial charge < -0.3 is 10.2 Å². The molecule has 3 heteroatoms. The first-order valence-electron chi connectivity index (χ1n) is 5.51. The fourth-order valence-corrected chi connectivity index (χ4v) is 1.64. The highest BCUT2D eigenvalue weighted by molar-refractivity contribution is 5.70. The number of hydrogen-bond donors (Lipinski definition) is 1. The predicted octanol–water partition coefficient (Wildman–Crippen LogP) is 2.38. The molecule has 0 atom stereocenters. The molecule has 2 rings (SSSR count). The van der Waals surface area contributed by atoms with Gasteiger partial charge in [0, 0.05) is 12.0 Å². The molecule has 1 aliphatic carbocycles. The number of allylic oxidation sites excluding steroid dienone is 6. The van der Waals surface area contributed by atoms with Crippen molar-refractivity contribution in [3.8, 4) is 0 Å². The van der Waals surface area contributed by atoms with E-state index in [4.69, 9.17) is 10.2 Å². The van der Waals surface area contributed by atoms with Gasteiger partial charge in [-0.1, -0.05) is 24.3 Å². The molecule has 0 aromatic carbocycles. The summed E-state index contributed by atoms with van der Waals surface area (Å²) in [5.41, 5.74) is 7.49. The van der Waals surface area contributed by atoms with Gasteiger partial charge in [0.05, 0.1) is 5.69 Å². The summed E-state index contributed by atoms with van der Waals surface area (Å²) in [5, 5.41) is 0. The molecule has 1 aromatic rings. The van der Waals surface area contributed by atoms with Crippen LogP contribution in [0, 0.1) is 6.92 Å². The Morgan fingerprint density at radius 1 is 1.44 bits per heavy atom. The molecule has 0 fully saturated rings. The average molecular weight is 216 g/mol. The number of aromatic nitrogens is 1. The van der Waals surface area contributed by atoms with Gasteiger partial charge in [-0.25, -0.2) is 4.98 Å². The Labute approximate surface area is 95.4 Å². The van der Waals surface area contributed by atoms with Crippen molar-refractivity contribution in [1.29, 1.82) is 0 Å². The number of oxazole rings is 1. The van der Waals surface area contributed by atoms with Crippen LogP contribution in [0.3, 0.4) is 0 Å². The van der Waals surface area contributed by atoms with E-state index in [2.05, 4.69) is 17.1 Å². The van der Waals surface area contributed by atoms with Gasteiger partial charge in [0.1, 0.15) is 5.76 Å². The second-order valence-corrected chi connectivity index (χ2v) is 3.75. The molecule has 16 heavy (non-hydrogen) atoms. The van der Waals surface area contributed by atoms with Gasteiger partial charge in [0.2, 0.25) is 5.89 Å². The Morgan fingerprint density at radius 2 is 2.31 bits per heavy atom. The normalized spacial score (nSPS) is 15.0. The third-order valence-corrected chi connectivity index (χ3v) is 2.50. The number of hydrogen-bond acceptors (Lipinski definition) is 3. The van der Waals surface area contributed by atoms with Crippen molar-refractivity contribution >= 4 is 5.57 Å². The second-order valence-electron chi connectivity index (χ2n) is 3.75. The van der Waals surface area contributed by atoms with E-state index in [1.807, 2.05) is 25.2 Å². The summed E-state index contributed by atoms with van der Waals surface area (Å²) >= 11 is 0. The highest BCUT2D eigenvalue weighted by Gasteiger charge is 2.11. The molecule has 1 aliphatic rings. The Bertz CT molecular complexity index is 452. The smallest absolute Gasteiger partial charge is 0.226 e. The monoisotopic (exact) mass is 216 g/mol. The number of rotatable bonds is 3. The quantitative estimate of drug-likeness (QED) is 0.844. The van der Waals surface area contributed by atoms with E-state index >= 15 is 0 Å². The summed E-state index contributed by atoms with van der Waals surface area (Å²) in [6.07, 6.45) is 12.0. The molecule has 3 nitrogen and oxygen atoms in total. The minimum atomic E-state index is 0.599. The van der Waals surface area contributed by atoms with E-state index in [-0.39, 0.29) is 0 Å².